The van der Waals surface area contributed by atoms with Crippen LogP contribution >= 0.6 is 0 Å². The van der Waals surface area contributed by atoms with E-state index in [9.17, 15) is 19.2 Å². The third-order valence-corrected chi connectivity index (χ3v) is 5.80. The molecule has 1 unspecified atom stereocenters. The quantitative estimate of drug-likeness (QED) is 0.109. The number of carbonyl (C=O) groups is 4. The Morgan fingerprint density at radius 3 is 1.68 bits per heavy atom. The van der Waals surface area contributed by atoms with Crippen molar-refractivity contribution in [2.75, 3.05) is 27.2 Å². The molecule has 1 fully saturated rings. The van der Waals surface area contributed by atoms with Crippen LogP contribution in [0.15, 0.2) is 0 Å². The number of quaternary nitrogens is 1. The van der Waals surface area contributed by atoms with E-state index < -0.39 is 54.6 Å². The highest BCUT2D eigenvalue weighted by molar-refractivity contribution is 5.72. The van der Waals surface area contributed by atoms with E-state index >= 15 is 0 Å². The zero-order valence-electron chi connectivity index (χ0n) is 23.5. The van der Waals surface area contributed by atoms with Gasteiger partial charge in [0.1, 0.15) is 6.54 Å². The molecule has 11 heteroatoms. The topological polar surface area (TPSA) is 114 Å². The van der Waals surface area contributed by atoms with Crippen molar-refractivity contribution in [1.29, 1.82) is 0 Å². The van der Waals surface area contributed by atoms with Gasteiger partial charge in [0.25, 0.3) is 0 Å². The molecule has 218 valence electrons. The highest BCUT2D eigenvalue weighted by atomic mass is 79.9. The molecule has 0 aromatic carbocycles. The summed E-state index contributed by atoms with van der Waals surface area (Å²) in [6, 6.07) is 0. The summed E-state index contributed by atoms with van der Waals surface area (Å²) in [5.41, 5.74) is 0. The molecule has 0 N–H and O–H groups in total. The lowest BCUT2D eigenvalue weighted by atomic mass is 9.98. The third-order valence-electron chi connectivity index (χ3n) is 5.80. The molecule has 0 spiro atoms. The predicted molar refractivity (Wildman–Crippen MR) is 135 cm³/mol. The van der Waals surface area contributed by atoms with Crippen LogP contribution in [0.5, 0.6) is 0 Å². The van der Waals surface area contributed by atoms with Crippen LogP contribution < -0.4 is 17.0 Å². The number of esters is 4. The van der Waals surface area contributed by atoms with Crippen molar-refractivity contribution >= 4 is 23.9 Å². The van der Waals surface area contributed by atoms with Gasteiger partial charge in [0.05, 0.1) is 33.2 Å². The Labute approximate surface area is 237 Å². The molecule has 1 saturated heterocycles. The summed E-state index contributed by atoms with van der Waals surface area (Å²) in [6.45, 7) is 8.26. The summed E-state index contributed by atoms with van der Waals surface area (Å²) < 4.78 is 28.9. The van der Waals surface area contributed by atoms with Gasteiger partial charge in [-0.25, -0.2) is 0 Å². The molecule has 0 aromatic rings. The predicted octanol–water partition coefficient (Wildman–Crippen LogP) is -0.0961. The van der Waals surface area contributed by atoms with Crippen LogP contribution in [0.2, 0.25) is 0 Å². The van der Waals surface area contributed by atoms with Gasteiger partial charge in [-0.2, -0.15) is 0 Å². The lowest BCUT2D eigenvalue weighted by Crippen LogP contribution is -3.00. The molecular weight excluding hydrogens is 562 g/mol. The fourth-order valence-corrected chi connectivity index (χ4v) is 3.90. The van der Waals surface area contributed by atoms with Crippen molar-refractivity contribution in [3.63, 3.8) is 0 Å². The molecule has 0 bridgehead atoms. The van der Waals surface area contributed by atoms with Crippen LogP contribution in [0.3, 0.4) is 0 Å². The van der Waals surface area contributed by atoms with E-state index in [-0.39, 0.29) is 42.7 Å². The van der Waals surface area contributed by atoms with Crippen molar-refractivity contribution in [2.24, 2.45) is 0 Å². The minimum atomic E-state index is -1.34. The van der Waals surface area contributed by atoms with E-state index in [1.807, 2.05) is 34.9 Å². The van der Waals surface area contributed by atoms with E-state index in [1.165, 1.54) is 0 Å². The molecule has 1 rings (SSSR count). The largest absolute Gasteiger partial charge is 1.00 e. The van der Waals surface area contributed by atoms with E-state index in [4.69, 9.17) is 30.1 Å². The first-order valence-electron chi connectivity index (χ1n) is 13.2. The van der Waals surface area contributed by atoms with Crippen molar-refractivity contribution in [3.8, 4) is 12.3 Å². The number of rotatable bonds is 15. The second kappa shape index (κ2) is 18.2. The fraction of sp³-hybridized carbons (Fsp3) is 0.778. The molecule has 38 heavy (non-hydrogen) atoms. The Morgan fingerprint density at radius 2 is 1.21 bits per heavy atom. The molecule has 10 nitrogen and oxygen atoms in total. The summed E-state index contributed by atoms with van der Waals surface area (Å²) >= 11 is 0. The van der Waals surface area contributed by atoms with Crippen molar-refractivity contribution < 1.29 is 64.3 Å². The number of halogens is 1. The van der Waals surface area contributed by atoms with Crippen LogP contribution in [0.4, 0.5) is 0 Å². The summed E-state index contributed by atoms with van der Waals surface area (Å²) in [5.74, 6) is 0.435. The zero-order chi connectivity index (χ0) is 28.0. The molecular formula is C27H44BrNO9. The maximum absolute atomic E-state index is 12.7. The van der Waals surface area contributed by atoms with Crippen molar-refractivity contribution in [3.05, 3.63) is 0 Å². The normalized spacial score (nSPS) is 22.8. The molecule has 1 aliphatic heterocycles. The van der Waals surface area contributed by atoms with Gasteiger partial charge in [-0.3, -0.25) is 19.2 Å². The third kappa shape index (κ3) is 12.6. The number of ether oxygens (including phenoxy) is 5. The number of nitrogens with zero attached hydrogens (tertiary/aromatic N) is 1. The molecule has 0 aromatic heterocycles. The first-order chi connectivity index (χ1) is 17.5. The highest BCUT2D eigenvalue weighted by Gasteiger charge is 2.52. The number of terminal acetylenes is 1. The van der Waals surface area contributed by atoms with Gasteiger partial charge in [-0.1, -0.05) is 20.8 Å². The maximum atomic E-state index is 12.7. The monoisotopic (exact) mass is 605 g/mol. The summed E-state index contributed by atoms with van der Waals surface area (Å²) in [6.07, 6.45) is 2.32. The van der Waals surface area contributed by atoms with E-state index in [0.29, 0.717) is 43.3 Å². The first-order valence-corrected chi connectivity index (χ1v) is 13.2. The lowest BCUT2D eigenvalue weighted by molar-refractivity contribution is -0.883. The van der Waals surface area contributed by atoms with Gasteiger partial charge in [-0.15, -0.1) is 6.42 Å². The Morgan fingerprint density at radius 1 is 0.763 bits per heavy atom. The van der Waals surface area contributed by atoms with Gasteiger partial charge in [0, 0.05) is 25.7 Å². The molecule has 5 atom stereocenters. The molecule has 0 aliphatic carbocycles. The second-order valence-corrected chi connectivity index (χ2v) is 9.94. The van der Waals surface area contributed by atoms with Crippen molar-refractivity contribution in [1.82, 2.24) is 0 Å². The van der Waals surface area contributed by atoms with Crippen LogP contribution in [-0.2, 0) is 42.9 Å². The zero-order valence-corrected chi connectivity index (χ0v) is 25.1. The molecule has 0 saturated carbocycles. The highest BCUT2D eigenvalue weighted by Crippen LogP contribution is 2.30. The van der Waals surface area contributed by atoms with Crippen molar-refractivity contribution in [2.45, 2.75) is 110 Å². The fourth-order valence-electron chi connectivity index (χ4n) is 3.90. The Balaban J connectivity index is 0.0000137. The average Bonchev–Trinajstić information content (AvgIpc) is 2.79. The Kier molecular flexibility index (Phi) is 17.2. The van der Waals surface area contributed by atoms with Gasteiger partial charge in [0.2, 0.25) is 12.4 Å². The minimum absolute atomic E-state index is 0. The summed E-state index contributed by atoms with van der Waals surface area (Å²) in [7, 11) is 3.94. The van der Waals surface area contributed by atoms with Gasteiger partial charge in [0.15, 0.2) is 12.2 Å². The molecule has 1 aliphatic rings. The number of hydrogen-bond donors (Lipinski definition) is 0. The summed E-state index contributed by atoms with van der Waals surface area (Å²) in [4.78, 5) is 50.0. The molecule has 0 radical (unpaired) electrons. The van der Waals surface area contributed by atoms with E-state index in [1.54, 1.807) is 6.92 Å². The van der Waals surface area contributed by atoms with Gasteiger partial charge in [-0.05, 0) is 32.1 Å². The van der Waals surface area contributed by atoms with Crippen LogP contribution in [0.25, 0.3) is 0 Å². The lowest BCUT2D eigenvalue weighted by Gasteiger charge is -2.43. The molecule has 1 heterocycles. The molecule has 0 amide bonds. The average molecular weight is 607 g/mol. The SMILES string of the molecule is C#CC[N+](C)(C)CCCC(=O)OC1O[C@@H](C)[C@H](OC(=O)CCC)[C@@H](OC(=O)CCC)[C@H]1OC(=O)CCC.[Br-]. The maximum Gasteiger partial charge on any atom is 0.308 e. The number of carbonyl (C=O) groups excluding carboxylic acids is 4. The summed E-state index contributed by atoms with van der Waals surface area (Å²) in [5, 5.41) is 0. The van der Waals surface area contributed by atoms with Crippen LogP contribution in [-0.4, -0.2) is 86.3 Å². The van der Waals surface area contributed by atoms with Gasteiger partial charge >= 0.3 is 23.9 Å². The Hall–Kier alpha value is -2.16. The first kappa shape index (κ1) is 35.8. The van der Waals surface area contributed by atoms with Gasteiger partial charge < -0.3 is 45.1 Å². The minimum Gasteiger partial charge on any atom is -1.00 e. The number of hydrogen-bond acceptors (Lipinski definition) is 9. The van der Waals surface area contributed by atoms with Crippen LogP contribution in [0.1, 0.15) is 79.1 Å². The standard InChI is InChI=1S/C27H44NO9.BrH/c1-8-13-20(29)34-24-19(5)33-27(37-23(32)16-12-18-28(6,7)17-11-4)26(36-22(31)15-10-3)25(24)35-21(30)14-9-2;/h4,19,24-27H,8-10,12-18H2,1-3,5-7H3;1H/q+1;/p-1/t19-,24-,25+,26+,27?;/m0./s1. The second-order valence-electron chi connectivity index (χ2n) is 9.94. The smallest absolute Gasteiger partial charge is 0.308 e. The van der Waals surface area contributed by atoms with E-state index in [0.717, 1.165) is 0 Å². The van der Waals surface area contributed by atoms with Crippen LogP contribution in [0, 0.1) is 12.3 Å². The Bertz CT molecular complexity index is 811. The van der Waals surface area contributed by atoms with E-state index in [2.05, 4.69) is 5.92 Å².